The lowest BCUT2D eigenvalue weighted by atomic mass is 9.86. The van der Waals surface area contributed by atoms with Crippen LogP contribution in [-0.2, 0) is 12.8 Å². The summed E-state index contributed by atoms with van der Waals surface area (Å²) in [6, 6.07) is 3.57. The molecule has 1 aromatic rings. The van der Waals surface area contributed by atoms with Crippen molar-refractivity contribution in [3.8, 4) is 0 Å². The molecule has 98 valence electrons. The highest BCUT2D eigenvalue weighted by molar-refractivity contribution is 5.97. The minimum atomic E-state index is -0.545. The van der Waals surface area contributed by atoms with Gasteiger partial charge in [-0.05, 0) is 37.3 Å². The van der Waals surface area contributed by atoms with Crippen molar-refractivity contribution in [2.24, 2.45) is 4.99 Å². The van der Waals surface area contributed by atoms with Crippen molar-refractivity contribution >= 4 is 11.3 Å². The van der Waals surface area contributed by atoms with E-state index in [1.54, 1.807) is 13.0 Å². The van der Waals surface area contributed by atoms with E-state index in [0.717, 1.165) is 29.5 Å². The van der Waals surface area contributed by atoms with Crippen LogP contribution in [0.2, 0.25) is 0 Å². The summed E-state index contributed by atoms with van der Waals surface area (Å²) < 4.78 is 28.3. The number of fused-ring (bicyclic) bond motifs is 1. The van der Waals surface area contributed by atoms with Gasteiger partial charge in [-0.2, -0.15) is 4.39 Å². The Labute approximate surface area is 111 Å². The van der Waals surface area contributed by atoms with Crippen molar-refractivity contribution in [2.45, 2.75) is 32.6 Å². The number of hydrogen-bond acceptors (Lipinski definition) is 1. The molecule has 1 aliphatic heterocycles. The quantitative estimate of drug-likeness (QED) is 0.524. The van der Waals surface area contributed by atoms with Gasteiger partial charge in [-0.1, -0.05) is 24.3 Å². The van der Waals surface area contributed by atoms with E-state index in [-0.39, 0.29) is 5.82 Å². The van der Waals surface area contributed by atoms with Gasteiger partial charge in [0, 0.05) is 23.3 Å². The molecular formula is C16H15F2N. The molecule has 1 aromatic carbocycles. The number of allylic oxidation sites excluding steroid dienone is 2. The van der Waals surface area contributed by atoms with Gasteiger partial charge in [-0.25, -0.2) is 9.38 Å². The van der Waals surface area contributed by atoms with Crippen LogP contribution in [-0.4, -0.2) is 5.71 Å². The van der Waals surface area contributed by atoms with E-state index >= 15 is 0 Å². The molecule has 0 saturated heterocycles. The maximum absolute atomic E-state index is 14.6. The lowest BCUT2D eigenvalue weighted by Crippen LogP contribution is -2.09. The molecule has 0 atom stereocenters. The van der Waals surface area contributed by atoms with E-state index in [2.05, 4.69) is 11.6 Å². The van der Waals surface area contributed by atoms with Crippen molar-refractivity contribution in [3.05, 3.63) is 52.7 Å². The number of nitrogens with zero attached hydrogens (tertiary/aromatic N) is 1. The standard InChI is InChI=1S/C16H15F2N/c1-9-3-5-12-11(7-9)4-6-13(15(12)17)14-8-10(2)19-16(14)18/h4,6H,1,3,5,7-8H2,2H3. The molecular weight excluding hydrogens is 244 g/mol. The molecule has 19 heavy (non-hydrogen) atoms. The first-order chi connectivity index (χ1) is 9.06. The second-order valence-electron chi connectivity index (χ2n) is 5.28. The topological polar surface area (TPSA) is 12.4 Å². The number of hydrogen-bond donors (Lipinski definition) is 0. The van der Waals surface area contributed by atoms with Crippen LogP contribution in [0.1, 0.15) is 36.5 Å². The molecule has 1 aliphatic carbocycles. The van der Waals surface area contributed by atoms with E-state index < -0.39 is 5.95 Å². The summed E-state index contributed by atoms with van der Waals surface area (Å²) in [5, 5.41) is 0. The fourth-order valence-electron chi connectivity index (χ4n) is 2.80. The highest BCUT2D eigenvalue weighted by atomic mass is 19.1. The molecule has 0 bridgehead atoms. The molecule has 0 aromatic heterocycles. The van der Waals surface area contributed by atoms with Gasteiger partial charge in [0.05, 0.1) is 0 Å². The van der Waals surface area contributed by atoms with Gasteiger partial charge in [0.15, 0.2) is 0 Å². The molecule has 1 nitrogen and oxygen atoms in total. The van der Waals surface area contributed by atoms with Crippen molar-refractivity contribution in [2.75, 3.05) is 0 Å². The Balaban J connectivity index is 2.06. The van der Waals surface area contributed by atoms with Crippen molar-refractivity contribution in [1.29, 1.82) is 0 Å². The Morgan fingerprint density at radius 3 is 2.63 bits per heavy atom. The van der Waals surface area contributed by atoms with E-state index in [1.807, 2.05) is 6.07 Å². The second-order valence-corrected chi connectivity index (χ2v) is 5.28. The van der Waals surface area contributed by atoms with Crippen molar-refractivity contribution in [1.82, 2.24) is 0 Å². The first kappa shape index (κ1) is 12.3. The molecule has 0 radical (unpaired) electrons. The highest BCUT2D eigenvalue weighted by Crippen LogP contribution is 2.35. The fraction of sp³-hybridized carbons (Fsp3) is 0.312. The zero-order chi connectivity index (χ0) is 13.6. The van der Waals surface area contributed by atoms with Gasteiger partial charge in [0.25, 0.3) is 0 Å². The third-order valence-electron chi connectivity index (χ3n) is 3.80. The molecule has 0 spiro atoms. The summed E-state index contributed by atoms with van der Waals surface area (Å²) >= 11 is 0. The average Bonchev–Trinajstić information content (AvgIpc) is 2.68. The van der Waals surface area contributed by atoms with Gasteiger partial charge >= 0.3 is 0 Å². The predicted molar refractivity (Wildman–Crippen MR) is 73.3 cm³/mol. The molecule has 0 amide bonds. The molecule has 0 fully saturated rings. The number of benzene rings is 1. The zero-order valence-electron chi connectivity index (χ0n) is 10.9. The van der Waals surface area contributed by atoms with Crippen molar-refractivity contribution in [3.63, 3.8) is 0 Å². The lowest BCUT2D eigenvalue weighted by molar-refractivity contribution is 0.591. The van der Waals surface area contributed by atoms with Gasteiger partial charge < -0.3 is 0 Å². The minimum Gasteiger partial charge on any atom is -0.229 e. The third-order valence-corrected chi connectivity index (χ3v) is 3.80. The molecule has 0 N–H and O–H groups in total. The van der Waals surface area contributed by atoms with E-state index in [0.29, 0.717) is 29.7 Å². The van der Waals surface area contributed by atoms with Crippen LogP contribution in [0.25, 0.3) is 5.57 Å². The van der Waals surface area contributed by atoms with Gasteiger partial charge in [-0.15, -0.1) is 0 Å². The largest absolute Gasteiger partial charge is 0.229 e. The van der Waals surface area contributed by atoms with Gasteiger partial charge in [0.2, 0.25) is 5.95 Å². The summed E-state index contributed by atoms with van der Waals surface area (Å²) in [5.41, 5.74) is 4.26. The Bertz CT molecular complexity index is 638. The second kappa shape index (κ2) is 4.41. The summed E-state index contributed by atoms with van der Waals surface area (Å²) in [7, 11) is 0. The van der Waals surface area contributed by atoms with Crippen molar-refractivity contribution < 1.29 is 8.78 Å². The Kier molecular flexibility index (Phi) is 2.85. The Morgan fingerprint density at radius 2 is 1.95 bits per heavy atom. The smallest absolute Gasteiger partial charge is 0.217 e. The van der Waals surface area contributed by atoms with Crippen LogP contribution >= 0.6 is 0 Å². The van der Waals surface area contributed by atoms with Crippen LogP contribution in [0.5, 0.6) is 0 Å². The summed E-state index contributed by atoms with van der Waals surface area (Å²) in [6.45, 7) is 5.71. The van der Waals surface area contributed by atoms with E-state index in [4.69, 9.17) is 0 Å². The molecule has 0 saturated carbocycles. The van der Waals surface area contributed by atoms with Crippen LogP contribution in [0.3, 0.4) is 0 Å². The highest BCUT2D eigenvalue weighted by Gasteiger charge is 2.24. The SMILES string of the molecule is C=C1CCc2c(ccc(C3=C(F)N=C(C)C3)c2F)C1. The number of halogens is 2. The molecule has 1 heterocycles. The monoisotopic (exact) mass is 259 g/mol. The molecule has 0 unspecified atom stereocenters. The van der Waals surface area contributed by atoms with Crippen LogP contribution in [0.4, 0.5) is 8.78 Å². The number of aliphatic imine (C=N–C) groups is 1. The molecule has 3 rings (SSSR count). The third kappa shape index (κ3) is 2.03. The lowest BCUT2D eigenvalue weighted by Gasteiger charge is -2.20. The van der Waals surface area contributed by atoms with Crippen LogP contribution < -0.4 is 0 Å². The predicted octanol–water partition coefficient (Wildman–Crippen LogP) is 4.37. The van der Waals surface area contributed by atoms with E-state index in [9.17, 15) is 8.78 Å². The minimum absolute atomic E-state index is 0.278. The summed E-state index contributed by atoms with van der Waals surface area (Å²) in [6.07, 6.45) is 2.59. The van der Waals surface area contributed by atoms with E-state index in [1.165, 1.54) is 0 Å². The maximum atomic E-state index is 14.6. The normalized spacial score (nSPS) is 18.7. The Hall–Kier alpha value is -1.77. The van der Waals surface area contributed by atoms with Gasteiger partial charge in [-0.3, -0.25) is 0 Å². The fourth-order valence-corrected chi connectivity index (χ4v) is 2.80. The molecule has 3 heteroatoms. The Morgan fingerprint density at radius 1 is 1.16 bits per heavy atom. The number of rotatable bonds is 1. The maximum Gasteiger partial charge on any atom is 0.217 e. The molecule has 2 aliphatic rings. The average molecular weight is 259 g/mol. The van der Waals surface area contributed by atoms with Crippen LogP contribution in [0, 0.1) is 5.82 Å². The van der Waals surface area contributed by atoms with Crippen LogP contribution in [0.15, 0.2) is 35.2 Å². The first-order valence-electron chi connectivity index (χ1n) is 6.46. The summed E-state index contributed by atoms with van der Waals surface area (Å²) in [4.78, 5) is 3.76. The zero-order valence-corrected chi connectivity index (χ0v) is 10.9. The van der Waals surface area contributed by atoms with Gasteiger partial charge in [0.1, 0.15) is 5.82 Å². The summed E-state index contributed by atoms with van der Waals surface area (Å²) in [5.74, 6) is -0.823. The first-order valence-corrected chi connectivity index (χ1v) is 6.46.